The number of aryl methyl sites for hydroxylation is 2. The Hall–Kier alpha value is -2.15. The summed E-state index contributed by atoms with van der Waals surface area (Å²) in [5.74, 6) is 1.40. The van der Waals surface area contributed by atoms with Crippen molar-refractivity contribution in [2.24, 2.45) is 13.0 Å². The van der Waals surface area contributed by atoms with Crippen LogP contribution in [0, 0.1) is 12.8 Å². The van der Waals surface area contributed by atoms with Crippen molar-refractivity contribution >= 4 is 5.91 Å². The smallest absolute Gasteiger partial charge is 0.276 e. The van der Waals surface area contributed by atoms with Gasteiger partial charge in [0.1, 0.15) is 5.76 Å². The Labute approximate surface area is 154 Å². The number of hydrogen-bond donors (Lipinski definition) is 0. The second-order valence-electron chi connectivity index (χ2n) is 7.85. The van der Waals surface area contributed by atoms with E-state index in [4.69, 9.17) is 4.52 Å². The molecular weight excluding hydrogens is 330 g/mol. The first kappa shape index (κ1) is 17.3. The van der Waals surface area contributed by atoms with Gasteiger partial charge in [-0.05, 0) is 38.8 Å². The molecule has 2 aliphatic heterocycles. The molecule has 0 N–H and O–H groups in total. The Morgan fingerprint density at radius 3 is 2.81 bits per heavy atom. The van der Waals surface area contributed by atoms with Crippen molar-refractivity contribution in [3.05, 3.63) is 35.2 Å². The monoisotopic (exact) mass is 357 g/mol. The van der Waals surface area contributed by atoms with E-state index in [0.717, 1.165) is 37.7 Å². The van der Waals surface area contributed by atoms with E-state index in [2.05, 4.69) is 26.5 Å². The molecule has 0 bridgehead atoms. The van der Waals surface area contributed by atoms with Gasteiger partial charge in [-0.2, -0.15) is 0 Å². The summed E-state index contributed by atoms with van der Waals surface area (Å²) in [4.78, 5) is 22.0. The Morgan fingerprint density at radius 1 is 1.35 bits per heavy atom. The van der Waals surface area contributed by atoms with Crippen LogP contribution in [0.5, 0.6) is 0 Å². The molecule has 1 fully saturated rings. The molecule has 1 amide bonds. The highest BCUT2D eigenvalue weighted by Gasteiger charge is 2.35. The minimum absolute atomic E-state index is 0.0615. The summed E-state index contributed by atoms with van der Waals surface area (Å²) < 4.78 is 7.21. The zero-order chi connectivity index (χ0) is 18.3. The van der Waals surface area contributed by atoms with Gasteiger partial charge < -0.3 is 18.9 Å². The third-order valence-corrected chi connectivity index (χ3v) is 5.79. The summed E-state index contributed by atoms with van der Waals surface area (Å²) in [5, 5.41) is 3.94. The highest BCUT2D eigenvalue weighted by molar-refractivity contribution is 5.92. The molecule has 0 saturated carbocycles. The molecule has 1 atom stereocenters. The van der Waals surface area contributed by atoms with E-state index >= 15 is 0 Å². The van der Waals surface area contributed by atoms with Crippen molar-refractivity contribution in [1.82, 2.24) is 24.5 Å². The maximum Gasteiger partial charge on any atom is 0.276 e. The van der Waals surface area contributed by atoms with Crippen LogP contribution >= 0.6 is 0 Å². The highest BCUT2D eigenvalue weighted by Crippen LogP contribution is 2.26. The number of aromatic nitrogens is 3. The fourth-order valence-electron chi connectivity index (χ4n) is 4.08. The molecule has 0 unspecified atom stereocenters. The van der Waals surface area contributed by atoms with Crippen LogP contribution in [0.2, 0.25) is 0 Å². The standard InChI is InChI=1S/C19H27N5O2/c1-13-4-6-23(7-5-13)10-15-9-18-17(20-12-22(18)3)11-24(15)19(25)16-8-14(2)26-21-16/h8,12-13,15H,4-7,9-11H2,1-3H3/t15-/m0/s1. The van der Waals surface area contributed by atoms with E-state index < -0.39 is 0 Å². The summed E-state index contributed by atoms with van der Waals surface area (Å²) in [6, 6.07) is 1.85. The fraction of sp³-hybridized carbons (Fsp3) is 0.632. The van der Waals surface area contributed by atoms with Crippen molar-refractivity contribution in [3.8, 4) is 0 Å². The number of carbonyl (C=O) groups is 1. The third kappa shape index (κ3) is 3.28. The van der Waals surface area contributed by atoms with E-state index in [1.807, 2.05) is 25.2 Å². The number of rotatable bonds is 3. The zero-order valence-corrected chi connectivity index (χ0v) is 15.8. The van der Waals surface area contributed by atoms with Gasteiger partial charge >= 0.3 is 0 Å². The quantitative estimate of drug-likeness (QED) is 0.841. The van der Waals surface area contributed by atoms with E-state index in [1.165, 1.54) is 18.5 Å². The number of nitrogens with zero attached hydrogens (tertiary/aromatic N) is 5. The van der Waals surface area contributed by atoms with Gasteiger partial charge in [0.15, 0.2) is 5.69 Å². The summed E-state index contributed by atoms with van der Waals surface area (Å²) in [5.41, 5.74) is 2.62. The molecule has 7 nitrogen and oxygen atoms in total. The van der Waals surface area contributed by atoms with Crippen LogP contribution in [0.3, 0.4) is 0 Å². The van der Waals surface area contributed by atoms with Crippen LogP contribution in [0.4, 0.5) is 0 Å². The fourth-order valence-corrected chi connectivity index (χ4v) is 4.08. The first-order valence-corrected chi connectivity index (χ1v) is 9.47. The number of imidazole rings is 1. The van der Waals surface area contributed by atoms with Crippen molar-refractivity contribution in [1.29, 1.82) is 0 Å². The second kappa shape index (κ2) is 6.87. The predicted octanol–water partition coefficient (Wildman–Crippen LogP) is 2.02. The molecule has 2 aromatic heterocycles. The Bertz CT molecular complexity index is 788. The van der Waals surface area contributed by atoms with Crippen molar-refractivity contribution in [3.63, 3.8) is 0 Å². The van der Waals surface area contributed by atoms with E-state index in [-0.39, 0.29) is 11.9 Å². The molecule has 0 spiro atoms. The van der Waals surface area contributed by atoms with Gasteiger partial charge in [-0.15, -0.1) is 0 Å². The molecule has 2 aromatic rings. The SMILES string of the molecule is Cc1cc(C(=O)N2Cc3ncn(C)c3C[C@H]2CN2CCC(C)CC2)no1. The highest BCUT2D eigenvalue weighted by atomic mass is 16.5. The first-order valence-electron chi connectivity index (χ1n) is 9.47. The Morgan fingerprint density at radius 2 is 2.12 bits per heavy atom. The molecule has 140 valence electrons. The topological polar surface area (TPSA) is 67.4 Å². The van der Waals surface area contributed by atoms with Gasteiger partial charge in [-0.3, -0.25) is 4.79 Å². The summed E-state index contributed by atoms with van der Waals surface area (Å²) >= 11 is 0. The first-order chi connectivity index (χ1) is 12.5. The molecular formula is C19H27N5O2. The van der Waals surface area contributed by atoms with Crippen LogP contribution in [0.25, 0.3) is 0 Å². The van der Waals surface area contributed by atoms with Gasteiger partial charge in [0.05, 0.1) is 24.6 Å². The zero-order valence-electron chi connectivity index (χ0n) is 15.8. The maximum absolute atomic E-state index is 13.1. The van der Waals surface area contributed by atoms with Gasteiger partial charge in [0, 0.05) is 31.8 Å². The Kier molecular flexibility index (Phi) is 4.56. The number of fused-ring (bicyclic) bond motifs is 1. The van der Waals surface area contributed by atoms with E-state index in [9.17, 15) is 4.79 Å². The summed E-state index contributed by atoms with van der Waals surface area (Å²) in [7, 11) is 2.03. The molecule has 7 heteroatoms. The predicted molar refractivity (Wildman–Crippen MR) is 96.7 cm³/mol. The van der Waals surface area contributed by atoms with Gasteiger partial charge in [0.25, 0.3) is 5.91 Å². The van der Waals surface area contributed by atoms with Crippen molar-refractivity contribution in [2.45, 2.75) is 45.7 Å². The normalized spacial score (nSPS) is 21.8. The van der Waals surface area contributed by atoms with Crippen LogP contribution in [-0.4, -0.2) is 56.1 Å². The number of carbonyl (C=O) groups excluding carboxylic acids is 1. The number of hydrogen-bond acceptors (Lipinski definition) is 5. The summed E-state index contributed by atoms with van der Waals surface area (Å²) in [6.07, 6.45) is 5.15. The third-order valence-electron chi connectivity index (χ3n) is 5.79. The minimum Gasteiger partial charge on any atom is -0.361 e. The maximum atomic E-state index is 13.1. The average molecular weight is 357 g/mol. The van der Waals surface area contributed by atoms with Crippen LogP contribution in [-0.2, 0) is 20.0 Å². The van der Waals surface area contributed by atoms with Gasteiger partial charge in [-0.25, -0.2) is 4.98 Å². The molecule has 4 heterocycles. The van der Waals surface area contributed by atoms with E-state index in [0.29, 0.717) is 18.0 Å². The lowest BCUT2D eigenvalue weighted by Gasteiger charge is -2.40. The minimum atomic E-state index is -0.0615. The average Bonchev–Trinajstić information content (AvgIpc) is 3.22. The molecule has 0 aliphatic carbocycles. The Balaban J connectivity index is 1.57. The molecule has 0 aromatic carbocycles. The number of likely N-dealkylation sites (tertiary alicyclic amines) is 1. The van der Waals surface area contributed by atoms with Gasteiger partial charge in [0.2, 0.25) is 0 Å². The number of amides is 1. The molecule has 26 heavy (non-hydrogen) atoms. The van der Waals surface area contributed by atoms with Crippen LogP contribution < -0.4 is 0 Å². The molecule has 0 radical (unpaired) electrons. The lowest BCUT2D eigenvalue weighted by Crippen LogP contribution is -2.51. The molecule has 1 saturated heterocycles. The molecule has 4 rings (SSSR count). The largest absolute Gasteiger partial charge is 0.361 e. The second-order valence-corrected chi connectivity index (χ2v) is 7.85. The van der Waals surface area contributed by atoms with Gasteiger partial charge in [-0.1, -0.05) is 12.1 Å². The van der Waals surface area contributed by atoms with Crippen LogP contribution in [0.1, 0.15) is 47.4 Å². The van der Waals surface area contributed by atoms with E-state index in [1.54, 1.807) is 6.07 Å². The lowest BCUT2D eigenvalue weighted by molar-refractivity contribution is 0.0535. The molecule has 2 aliphatic rings. The summed E-state index contributed by atoms with van der Waals surface area (Å²) in [6.45, 7) is 7.80. The van der Waals surface area contributed by atoms with Crippen LogP contribution in [0.15, 0.2) is 16.9 Å². The number of piperidine rings is 1. The van der Waals surface area contributed by atoms with Crippen molar-refractivity contribution < 1.29 is 9.32 Å². The van der Waals surface area contributed by atoms with Crippen molar-refractivity contribution in [2.75, 3.05) is 19.6 Å². The lowest BCUT2D eigenvalue weighted by atomic mass is 9.96.